The molecule has 2 nitrogen and oxygen atoms in total. The molecule has 1 N–H and O–H groups in total. The molecule has 21 heavy (non-hydrogen) atoms. The van der Waals surface area contributed by atoms with Gasteiger partial charge in [-0.05, 0) is 49.7 Å². The Balaban J connectivity index is 2.24. The lowest BCUT2D eigenvalue weighted by molar-refractivity contribution is -0.138. The van der Waals surface area contributed by atoms with Crippen molar-refractivity contribution in [3.8, 4) is 0 Å². The smallest absolute Gasteiger partial charge is 0.315 e. The van der Waals surface area contributed by atoms with E-state index in [9.17, 15) is 17.6 Å². The molecular weight excluding hydrogens is 284 g/mol. The molecule has 2 rings (SSSR count). The van der Waals surface area contributed by atoms with Crippen LogP contribution in [0.2, 0.25) is 0 Å². The van der Waals surface area contributed by atoms with Gasteiger partial charge in [0, 0.05) is 19.1 Å². The Labute approximate surface area is 122 Å². The molecular formula is C15H20F4N2. The summed E-state index contributed by atoms with van der Waals surface area (Å²) in [5.74, 6) is -0.626. The summed E-state index contributed by atoms with van der Waals surface area (Å²) in [7, 11) is 0. The first-order valence-electron chi connectivity index (χ1n) is 7.22. The predicted octanol–water partition coefficient (Wildman–Crippen LogP) is 3.42. The maximum absolute atomic E-state index is 13.4. The maximum atomic E-state index is 13.4. The number of alkyl halides is 3. The lowest BCUT2D eigenvalue weighted by Crippen LogP contribution is -2.37. The van der Waals surface area contributed by atoms with Crippen molar-refractivity contribution in [1.29, 1.82) is 0 Å². The van der Waals surface area contributed by atoms with E-state index in [0.717, 1.165) is 44.1 Å². The average Bonchev–Trinajstić information content (AvgIpc) is 2.90. The van der Waals surface area contributed by atoms with Gasteiger partial charge in [-0.25, -0.2) is 4.39 Å². The topological polar surface area (TPSA) is 15.3 Å². The van der Waals surface area contributed by atoms with Crippen LogP contribution in [0.15, 0.2) is 18.2 Å². The van der Waals surface area contributed by atoms with E-state index in [0.29, 0.717) is 6.54 Å². The SMILES string of the molecule is CCCN(Cc1cc(F)ccc1C(F)(F)F)[C@H]1CCNC1. The van der Waals surface area contributed by atoms with E-state index in [1.54, 1.807) is 0 Å². The van der Waals surface area contributed by atoms with Gasteiger partial charge >= 0.3 is 6.18 Å². The molecule has 0 bridgehead atoms. The van der Waals surface area contributed by atoms with Gasteiger partial charge < -0.3 is 5.32 Å². The highest BCUT2D eigenvalue weighted by atomic mass is 19.4. The van der Waals surface area contributed by atoms with Crippen LogP contribution in [0.5, 0.6) is 0 Å². The van der Waals surface area contributed by atoms with Crippen LogP contribution in [-0.4, -0.2) is 30.6 Å². The molecule has 1 fully saturated rings. The van der Waals surface area contributed by atoms with Crippen molar-refractivity contribution in [3.63, 3.8) is 0 Å². The second kappa shape index (κ2) is 6.75. The van der Waals surface area contributed by atoms with E-state index in [1.807, 2.05) is 11.8 Å². The van der Waals surface area contributed by atoms with Crippen LogP contribution in [0.4, 0.5) is 17.6 Å². The number of hydrogen-bond acceptors (Lipinski definition) is 2. The molecule has 0 amide bonds. The highest BCUT2D eigenvalue weighted by Crippen LogP contribution is 2.33. The minimum Gasteiger partial charge on any atom is -0.315 e. The second-order valence-corrected chi connectivity index (χ2v) is 5.42. The summed E-state index contributed by atoms with van der Waals surface area (Å²) < 4.78 is 52.5. The van der Waals surface area contributed by atoms with Gasteiger partial charge in [0.15, 0.2) is 0 Å². The van der Waals surface area contributed by atoms with Gasteiger partial charge in [0.25, 0.3) is 0 Å². The number of hydrogen-bond donors (Lipinski definition) is 1. The Morgan fingerprint density at radius 1 is 1.33 bits per heavy atom. The second-order valence-electron chi connectivity index (χ2n) is 5.42. The highest BCUT2D eigenvalue weighted by molar-refractivity contribution is 5.30. The van der Waals surface area contributed by atoms with Crippen LogP contribution in [0.25, 0.3) is 0 Å². The van der Waals surface area contributed by atoms with Crippen molar-refractivity contribution >= 4 is 0 Å². The fourth-order valence-corrected chi connectivity index (χ4v) is 2.82. The molecule has 118 valence electrons. The fourth-order valence-electron chi connectivity index (χ4n) is 2.82. The van der Waals surface area contributed by atoms with Gasteiger partial charge in [0.1, 0.15) is 5.82 Å². The Morgan fingerprint density at radius 2 is 2.10 bits per heavy atom. The fraction of sp³-hybridized carbons (Fsp3) is 0.600. The first-order valence-corrected chi connectivity index (χ1v) is 7.22. The normalized spacial score (nSPS) is 19.4. The summed E-state index contributed by atoms with van der Waals surface area (Å²) in [6.45, 7) is 4.48. The van der Waals surface area contributed by atoms with Crippen LogP contribution < -0.4 is 5.32 Å². The Hall–Kier alpha value is -1.14. The maximum Gasteiger partial charge on any atom is 0.416 e. The van der Waals surface area contributed by atoms with Crippen LogP contribution in [0, 0.1) is 5.82 Å². The number of rotatable bonds is 5. The van der Waals surface area contributed by atoms with Crippen molar-refractivity contribution in [2.24, 2.45) is 0 Å². The Bertz CT molecular complexity index is 467. The molecule has 6 heteroatoms. The van der Waals surface area contributed by atoms with E-state index < -0.39 is 17.6 Å². The Morgan fingerprint density at radius 3 is 2.67 bits per heavy atom. The average molecular weight is 304 g/mol. The molecule has 0 aliphatic carbocycles. The zero-order valence-corrected chi connectivity index (χ0v) is 12.0. The van der Waals surface area contributed by atoms with Gasteiger partial charge in [0.2, 0.25) is 0 Å². The molecule has 0 spiro atoms. The molecule has 1 saturated heterocycles. The third-order valence-electron chi connectivity index (χ3n) is 3.81. The molecule has 1 atom stereocenters. The zero-order chi connectivity index (χ0) is 15.5. The molecule has 0 unspecified atom stereocenters. The lowest BCUT2D eigenvalue weighted by atomic mass is 10.0. The minimum atomic E-state index is -4.45. The van der Waals surface area contributed by atoms with Crippen LogP contribution in [0.3, 0.4) is 0 Å². The molecule has 0 radical (unpaired) electrons. The van der Waals surface area contributed by atoms with Crippen LogP contribution in [0.1, 0.15) is 30.9 Å². The summed E-state index contributed by atoms with van der Waals surface area (Å²) >= 11 is 0. The number of nitrogens with zero attached hydrogens (tertiary/aromatic N) is 1. The zero-order valence-electron chi connectivity index (χ0n) is 12.0. The largest absolute Gasteiger partial charge is 0.416 e. The van der Waals surface area contributed by atoms with Gasteiger partial charge in [-0.15, -0.1) is 0 Å². The van der Waals surface area contributed by atoms with Crippen LogP contribution >= 0.6 is 0 Å². The molecule has 1 aromatic rings. The quantitative estimate of drug-likeness (QED) is 0.839. The van der Waals surface area contributed by atoms with Crippen molar-refractivity contribution in [3.05, 3.63) is 35.1 Å². The van der Waals surface area contributed by atoms with E-state index in [1.165, 1.54) is 0 Å². The standard InChI is InChI=1S/C15H20F4N2/c1-2-7-21(13-5-6-20-9-13)10-11-8-12(16)3-4-14(11)15(17,18)19/h3-4,8,13,20H,2,5-7,9-10H2,1H3/t13-/m0/s1. The summed E-state index contributed by atoms with van der Waals surface area (Å²) in [6.07, 6.45) is -2.68. The van der Waals surface area contributed by atoms with Gasteiger partial charge in [-0.1, -0.05) is 6.92 Å². The van der Waals surface area contributed by atoms with Crippen molar-refractivity contribution in [2.45, 2.75) is 38.5 Å². The first-order chi connectivity index (χ1) is 9.91. The molecule has 0 aromatic heterocycles. The third-order valence-corrected chi connectivity index (χ3v) is 3.81. The minimum absolute atomic E-state index is 0.0165. The van der Waals surface area contributed by atoms with Gasteiger partial charge in [0.05, 0.1) is 5.56 Å². The van der Waals surface area contributed by atoms with E-state index >= 15 is 0 Å². The summed E-state index contributed by atoms with van der Waals surface area (Å²) in [5, 5.41) is 3.22. The van der Waals surface area contributed by atoms with E-state index in [-0.39, 0.29) is 18.2 Å². The number of nitrogens with one attached hydrogen (secondary N) is 1. The predicted molar refractivity (Wildman–Crippen MR) is 73.4 cm³/mol. The van der Waals surface area contributed by atoms with E-state index in [4.69, 9.17) is 0 Å². The monoisotopic (exact) mass is 304 g/mol. The molecule has 1 aromatic carbocycles. The van der Waals surface area contributed by atoms with Gasteiger partial charge in [-0.3, -0.25) is 4.90 Å². The van der Waals surface area contributed by atoms with Crippen molar-refractivity contribution in [2.75, 3.05) is 19.6 Å². The van der Waals surface area contributed by atoms with Crippen LogP contribution in [-0.2, 0) is 12.7 Å². The number of halogens is 4. The molecule has 1 heterocycles. The molecule has 1 aliphatic heterocycles. The first kappa shape index (κ1) is 16.2. The van der Waals surface area contributed by atoms with Crippen molar-refractivity contribution in [1.82, 2.24) is 10.2 Å². The Kier molecular flexibility index (Phi) is 5.22. The van der Waals surface area contributed by atoms with Gasteiger partial charge in [-0.2, -0.15) is 13.2 Å². The van der Waals surface area contributed by atoms with E-state index in [2.05, 4.69) is 5.32 Å². The third kappa shape index (κ3) is 4.17. The van der Waals surface area contributed by atoms with Crippen molar-refractivity contribution < 1.29 is 17.6 Å². The summed E-state index contributed by atoms with van der Waals surface area (Å²) in [4.78, 5) is 2.02. The summed E-state index contributed by atoms with van der Waals surface area (Å²) in [6, 6.07) is 2.93. The number of benzene rings is 1. The summed E-state index contributed by atoms with van der Waals surface area (Å²) in [5.41, 5.74) is -0.723. The molecule has 0 saturated carbocycles. The molecule has 1 aliphatic rings. The highest BCUT2D eigenvalue weighted by Gasteiger charge is 2.34. The lowest BCUT2D eigenvalue weighted by Gasteiger charge is -2.29.